The fraction of sp³-hybridized carbons (Fsp3) is 0.267. The van der Waals surface area contributed by atoms with Crippen LogP contribution in [0, 0.1) is 3.57 Å². The second-order valence-corrected chi connectivity index (χ2v) is 6.82. The summed E-state index contributed by atoms with van der Waals surface area (Å²) in [6.07, 6.45) is 1.77. The first-order valence-corrected chi connectivity index (χ1v) is 8.38. The molecule has 0 unspecified atom stereocenters. The third kappa shape index (κ3) is 3.17. The van der Waals surface area contributed by atoms with Gasteiger partial charge in [0.15, 0.2) is 17.0 Å². The highest BCUT2D eigenvalue weighted by Gasteiger charge is 2.13. The molecule has 22 heavy (non-hydrogen) atoms. The summed E-state index contributed by atoms with van der Waals surface area (Å²) in [4.78, 5) is 13.0. The monoisotopic (exact) mass is 427 g/mol. The van der Waals surface area contributed by atoms with Crippen molar-refractivity contribution in [3.05, 3.63) is 45.0 Å². The maximum atomic E-state index is 6.06. The quantitative estimate of drug-likeness (QED) is 0.499. The Bertz CT molecular complexity index is 798. The molecular weight excluding hydrogens is 413 g/mol. The minimum Gasteiger partial charge on any atom is -0.364 e. The number of hydrogen-bond acceptors (Lipinski definition) is 4. The molecule has 114 valence electrons. The van der Waals surface area contributed by atoms with Crippen LogP contribution >= 0.6 is 34.2 Å². The van der Waals surface area contributed by atoms with Crippen LogP contribution in [0.5, 0.6) is 0 Å². The number of nitrogens with one attached hydrogen (secondary N) is 1. The van der Waals surface area contributed by atoms with Crippen LogP contribution in [-0.4, -0.2) is 19.5 Å². The Kier molecular flexibility index (Phi) is 4.49. The number of fused-ring (bicyclic) bond motifs is 1. The van der Waals surface area contributed by atoms with Gasteiger partial charge in [-0.25, -0.2) is 4.98 Å². The van der Waals surface area contributed by atoms with Crippen LogP contribution in [0.25, 0.3) is 11.2 Å². The van der Waals surface area contributed by atoms with Gasteiger partial charge in [0.05, 0.1) is 6.33 Å². The molecule has 0 saturated heterocycles. The van der Waals surface area contributed by atoms with E-state index in [1.165, 1.54) is 9.13 Å². The normalized spacial score (nSPS) is 11.3. The molecule has 0 aliphatic heterocycles. The average Bonchev–Trinajstić information content (AvgIpc) is 2.90. The van der Waals surface area contributed by atoms with E-state index in [1.807, 2.05) is 4.57 Å². The van der Waals surface area contributed by atoms with E-state index < -0.39 is 0 Å². The Labute approximate surface area is 147 Å². The maximum Gasteiger partial charge on any atom is 0.226 e. The smallest absolute Gasteiger partial charge is 0.226 e. The van der Waals surface area contributed by atoms with Gasteiger partial charge in [-0.05, 0) is 65.7 Å². The Hall–Kier alpha value is -1.41. The predicted octanol–water partition coefficient (Wildman–Crippen LogP) is 4.28. The molecule has 1 N–H and O–H groups in total. The van der Waals surface area contributed by atoms with Gasteiger partial charge in [0.1, 0.15) is 0 Å². The van der Waals surface area contributed by atoms with Gasteiger partial charge in [0.2, 0.25) is 5.28 Å². The Morgan fingerprint density at radius 3 is 2.64 bits per heavy atom. The third-order valence-electron chi connectivity index (χ3n) is 3.32. The molecule has 0 atom stereocenters. The summed E-state index contributed by atoms with van der Waals surface area (Å²) in [6.45, 7) is 4.82. The lowest BCUT2D eigenvalue weighted by molar-refractivity contribution is 0.612. The van der Waals surface area contributed by atoms with Crippen molar-refractivity contribution < 1.29 is 0 Å². The van der Waals surface area contributed by atoms with Gasteiger partial charge in [0, 0.05) is 16.2 Å². The molecule has 0 saturated carbocycles. The van der Waals surface area contributed by atoms with Gasteiger partial charge in [-0.3, -0.25) is 0 Å². The molecule has 3 rings (SSSR count). The van der Waals surface area contributed by atoms with Gasteiger partial charge in [-0.2, -0.15) is 9.97 Å². The van der Waals surface area contributed by atoms with Crippen molar-refractivity contribution in [2.45, 2.75) is 26.4 Å². The molecule has 5 nitrogen and oxygen atoms in total. The molecule has 0 aliphatic rings. The zero-order valence-electron chi connectivity index (χ0n) is 12.2. The van der Waals surface area contributed by atoms with E-state index in [1.54, 1.807) is 6.33 Å². The van der Waals surface area contributed by atoms with Crippen molar-refractivity contribution in [3.63, 3.8) is 0 Å². The van der Waals surface area contributed by atoms with Crippen molar-refractivity contribution in [3.8, 4) is 0 Å². The van der Waals surface area contributed by atoms with Crippen molar-refractivity contribution >= 4 is 51.2 Å². The molecule has 0 fully saturated rings. The van der Waals surface area contributed by atoms with E-state index in [-0.39, 0.29) is 11.3 Å². The van der Waals surface area contributed by atoms with E-state index in [0.717, 1.165) is 11.2 Å². The SMILES string of the molecule is CC(C)n1cnc2c(NCc3ccc(I)cc3)nc(Cl)nc21. The number of halogens is 2. The fourth-order valence-corrected chi connectivity index (χ4v) is 2.70. The number of imidazole rings is 1. The molecule has 0 bridgehead atoms. The van der Waals surface area contributed by atoms with E-state index >= 15 is 0 Å². The molecule has 0 spiro atoms. The number of aromatic nitrogens is 4. The first-order valence-electron chi connectivity index (χ1n) is 6.93. The van der Waals surface area contributed by atoms with Gasteiger partial charge in [-0.15, -0.1) is 0 Å². The first-order chi connectivity index (χ1) is 10.5. The highest BCUT2D eigenvalue weighted by Crippen LogP contribution is 2.23. The molecule has 0 radical (unpaired) electrons. The van der Waals surface area contributed by atoms with E-state index in [2.05, 4.69) is 81.0 Å². The van der Waals surface area contributed by atoms with Crippen LogP contribution in [0.3, 0.4) is 0 Å². The summed E-state index contributed by atoms with van der Waals surface area (Å²) in [5.41, 5.74) is 2.66. The Balaban J connectivity index is 1.91. The summed E-state index contributed by atoms with van der Waals surface area (Å²) >= 11 is 8.35. The highest BCUT2D eigenvalue weighted by molar-refractivity contribution is 14.1. The molecule has 2 heterocycles. The van der Waals surface area contributed by atoms with Gasteiger partial charge >= 0.3 is 0 Å². The molecule has 3 aromatic rings. The predicted molar refractivity (Wildman–Crippen MR) is 97.2 cm³/mol. The van der Waals surface area contributed by atoms with E-state index in [9.17, 15) is 0 Å². The molecule has 0 amide bonds. The zero-order chi connectivity index (χ0) is 15.7. The summed E-state index contributed by atoms with van der Waals surface area (Å²) in [5.74, 6) is 0.660. The van der Waals surface area contributed by atoms with Gasteiger partial charge < -0.3 is 9.88 Å². The minimum atomic E-state index is 0.222. The second kappa shape index (κ2) is 6.37. The lowest BCUT2D eigenvalue weighted by Crippen LogP contribution is -2.05. The van der Waals surface area contributed by atoms with Crippen molar-refractivity contribution in [2.75, 3.05) is 5.32 Å². The molecule has 1 aromatic carbocycles. The summed E-state index contributed by atoms with van der Waals surface area (Å²) in [5, 5.41) is 3.52. The van der Waals surface area contributed by atoms with Crippen LogP contribution in [0.15, 0.2) is 30.6 Å². The lowest BCUT2D eigenvalue weighted by Gasteiger charge is -2.09. The number of hydrogen-bond donors (Lipinski definition) is 1. The van der Waals surface area contributed by atoms with Crippen LogP contribution in [0.2, 0.25) is 5.28 Å². The first kappa shape index (κ1) is 15.5. The Morgan fingerprint density at radius 1 is 1.23 bits per heavy atom. The molecule has 2 aromatic heterocycles. The summed E-state index contributed by atoms with van der Waals surface area (Å²) in [6, 6.07) is 8.59. The van der Waals surface area contributed by atoms with Crippen LogP contribution in [0.4, 0.5) is 5.82 Å². The summed E-state index contributed by atoms with van der Waals surface area (Å²) < 4.78 is 3.20. The number of benzene rings is 1. The average molecular weight is 428 g/mol. The molecule has 0 aliphatic carbocycles. The van der Waals surface area contributed by atoms with Gasteiger partial charge in [0.25, 0.3) is 0 Å². The lowest BCUT2D eigenvalue weighted by atomic mass is 10.2. The van der Waals surface area contributed by atoms with Crippen molar-refractivity contribution in [2.24, 2.45) is 0 Å². The second-order valence-electron chi connectivity index (χ2n) is 5.24. The largest absolute Gasteiger partial charge is 0.364 e. The number of nitrogens with zero attached hydrogens (tertiary/aromatic N) is 4. The zero-order valence-corrected chi connectivity index (χ0v) is 15.1. The Morgan fingerprint density at radius 2 is 1.95 bits per heavy atom. The van der Waals surface area contributed by atoms with Crippen molar-refractivity contribution in [1.29, 1.82) is 0 Å². The molecule has 7 heteroatoms. The van der Waals surface area contributed by atoms with Gasteiger partial charge in [-0.1, -0.05) is 12.1 Å². The number of anilines is 1. The highest BCUT2D eigenvalue weighted by atomic mass is 127. The number of rotatable bonds is 4. The molecular formula is C15H15ClIN5. The van der Waals surface area contributed by atoms with Crippen LogP contribution in [-0.2, 0) is 6.54 Å². The summed E-state index contributed by atoms with van der Waals surface area (Å²) in [7, 11) is 0. The van der Waals surface area contributed by atoms with Crippen molar-refractivity contribution in [1.82, 2.24) is 19.5 Å². The van der Waals surface area contributed by atoms with Crippen LogP contribution in [0.1, 0.15) is 25.5 Å². The maximum absolute atomic E-state index is 6.06. The minimum absolute atomic E-state index is 0.222. The van der Waals surface area contributed by atoms with E-state index in [4.69, 9.17) is 11.6 Å². The third-order valence-corrected chi connectivity index (χ3v) is 4.21. The standard InChI is InChI=1S/C15H15ClIN5/c1-9(2)22-8-19-12-13(20-15(16)21-14(12)22)18-7-10-3-5-11(17)6-4-10/h3-6,8-9H,7H2,1-2H3,(H,18,20,21). The van der Waals surface area contributed by atoms with Crippen LogP contribution < -0.4 is 5.32 Å². The fourth-order valence-electron chi connectivity index (χ4n) is 2.18. The van der Waals surface area contributed by atoms with E-state index in [0.29, 0.717) is 12.4 Å². The topological polar surface area (TPSA) is 55.6 Å².